The summed E-state index contributed by atoms with van der Waals surface area (Å²) in [4.78, 5) is 11.6. The number of anilines is 1. The minimum absolute atomic E-state index is 0.249. The summed E-state index contributed by atoms with van der Waals surface area (Å²) in [7, 11) is 0. The van der Waals surface area contributed by atoms with Crippen molar-refractivity contribution in [2.24, 2.45) is 0 Å². The average molecular weight is 376 g/mol. The van der Waals surface area contributed by atoms with Crippen LogP contribution in [0.5, 0.6) is 0 Å². The van der Waals surface area contributed by atoms with Crippen molar-refractivity contribution in [3.63, 3.8) is 0 Å². The van der Waals surface area contributed by atoms with Gasteiger partial charge in [-0.2, -0.15) is 0 Å². The second-order valence-electron chi connectivity index (χ2n) is 7.47. The monoisotopic (exact) mass is 375 g/mol. The highest BCUT2D eigenvalue weighted by Crippen LogP contribution is 2.13. The normalized spacial score (nSPS) is 10.7. The first-order valence-corrected chi connectivity index (χ1v) is 11.3. The summed E-state index contributed by atoms with van der Waals surface area (Å²) < 4.78 is 5.00. The third kappa shape index (κ3) is 12.5. The number of esters is 1. The van der Waals surface area contributed by atoms with E-state index in [1.54, 1.807) is 0 Å². The summed E-state index contributed by atoms with van der Waals surface area (Å²) in [6.07, 6.45) is 18.0. The van der Waals surface area contributed by atoms with E-state index in [1.807, 2.05) is 31.2 Å². The summed E-state index contributed by atoms with van der Waals surface area (Å²) in [6.45, 7) is 5.51. The van der Waals surface area contributed by atoms with Crippen molar-refractivity contribution in [2.75, 3.05) is 18.5 Å². The van der Waals surface area contributed by atoms with Crippen molar-refractivity contribution in [1.29, 1.82) is 0 Å². The van der Waals surface area contributed by atoms with E-state index in [0.717, 1.165) is 12.2 Å². The molecule has 0 bridgehead atoms. The molecule has 154 valence electrons. The molecule has 27 heavy (non-hydrogen) atoms. The fourth-order valence-corrected chi connectivity index (χ4v) is 3.31. The second kappa shape index (κ2) is 16.6. The minimum atomic E-state index is -0.249. The number of carbonyl (C=O) groups is 1. The molecule has 0 spiro atoms. The smallest absolute Gasteiger partial charge is 0.338 e. The van der Waals surface area contributed by atoms with Gasteiger partial charge in [0.25, 0.3) is 0 Å². The molecule has 0 saturated carbocycles. The van der Waals surface area contributed by atoms with Crippen LogP contribution in [-0.4, -0.2) is 19.1 Å². The maximum absolute atomic E-state index is 11.6. The summed E-state index contributed by atoms with van der Waals surface area (Å²) >= 11 is 0. The lowest BCUT2D eigenvalue weighted by atomic mass is 10.0. The molecule has 0 saturated heterocycles. The molecule has 0 heterocycles. The van der Waals surface area contributed by atoms with Gasteiger partial charge in [-0.25, -0.2) is 4.79 Å². The molecule has 3 heteroatoms. The third-order valence-corrected chi connectivity index (χ3v) is 5.01. The summed E-state index contributed by atoms with van der Waals surface area (Å²) in [5.74, 6) is -0.249. The Labute approximate surface area is 167 Å². The van der Waals surface area contributed by atoms with Crippen LogP contribution in [-0.2, 0) is 4.74 Å². The van der Waals surface area contributed by atoms with Gasteiger partial charge in [0.15, 0.2) is 0 Å². The molecule has 1 aromatic carbocycles. The van der Waals surface area contributed by atoms with Crippen LogP contribution >= 0.6 is 0 Å². The predicted octanol–water partition coefficient (Wildman–Crippen LogP) is 7.37. The first-order chi connectivity index (χ1) is 13.3. The van der Waals surface area contributed by atoms with E-state index in [4.69, 9.17) is 4.74 Å². The molecule has 0 atom stereocenters. The van der Waals surface area contributed by atoms with Crippen LogP contribution in [0.4, 0.5) is 5.69 Å². The summed E-state index contributed by atoms with van der Waals surface area (Å²) in [5.41, 5.74) is 1.69. The predicted molar refractivity (Wildman–Crippen MR) is 117 cm³/mol. The van der Waals surface area contributed by atoms with E-state index >= 15 is 0 Å². The summed E-state index contributed by atoms with van der Waals surface area (Å²) in [6, 6.07) is 7.55. The molecule has 1 rings (SSSR count). The fourth-order valence-electron chi connectivity index (χ4n) is 3.31. The number of rotatable bonds is 17. The van der Waals surface area contributed by atoms with Gasteiger partial charge < -0.3 is 10.1 Å². The van der Waals surface area contributed by atoms with Crippen LogP contribution in [0.1, 0.15) is 108 Å². The maximum Gasteiger partial charge on any atom is 0.338 e. The van der Waals surface area contributed by atoms with E-state index in [1.165, 1.54) is 83.5 Å². The highest BCUT2D eigenvalue weighted by Gasteiger charge is 2.05. The van der Waals surface area contributed by atoms with E-state index < -0.39 is 0 Å². The molecule has 0 amide bonds. The van der Waals surface area contributed by atoms with Crippen LogP contribution in [0.3, 0.4) is 0 Å². The number of unbranched alkanes of at least 4 members (excludes halogenated alkanes) is 12. The minimum Gasteiger partial charge on any atom is -0.462 e. The van der Waals surface area contributed by atoms with Crippen LogP contribution in [0.2, 0.25) is 0 Å². The quantitative estimate of drug-likeness (QED) is 0.228. The van der Waals surface area contributed by atoms with Gasteiger partial charge >= 0.3 is 5.97 Å². The highest BCUT2D eigenvalue weighted by molar-refractivity contribution is 5.89. The Bertz CT molecular complexity index is 470. The summed E-state index contributed by atoms with van der Waals surface area (Å²) in [5, 5.41) is 3.43. The lowest BCUT2D eigenvalue weighted by molar-refractivity contribution is 0.0526. The molecule has 0 fully saturated rings. The number of hydrogen-bond acceptors (Lipinski definition) is 3. The van der Waals surface area contributed by atoms with Crippen molar-refractivity contribution in [2.45, 2.75) is 97.3 Å². The maximum atomic E-state index is 11.6. The van der Waals surface area contributed by atoms with Crippen LogP contribution < -0.4 is 5.32 Å². The molecule has 3 nitrogen and oxygen atoms in total. The molecule has 0 aliphatic heterocycles. The van der Waals surface area contributed by atoms with Crippen molar-refractivity contribution in [3.05, 3.63) is 29.8 Å². The SMILES string of the molecule is CCCCCCCCCCCCCCCNc1ccc(C(=O)OCC)cc1. The van der Waals surface area contributed by atoms with Gasteiger partial charge in [0.2, 0.25) is 0 Å². The van der Waals surface area contributed by atoms with Crippen molar-refractivity contribution in [3.8, 4) is 0 Å². The average Bonchev–Trinajstić information content (AvgIpc) is 2.69. The molecule has 0 radical (unpaired) electrons. The van der Waals surface area contributed by atoms with E-state index in [-0.39, 0.29) is 5.97 Å². The van der Waals surface area contributed by atoms with Crippen molar-refractivity contribution < 1.29 is 9.53 Å². The molecule has 1 aromatic rings. The number of hydrogen-bond donors (Lipinski definition) is 1. The Balaban J connectivity index is 1.91. The lowest BCUT2D eigenvalue weighted by Crippen LogP contribution is -2.05. The molecule has 0 aromatic heterocycles. The topological polar surface area (TPSA) is 38.3 Å². The van der Waals surface area contributed by atoms with Gasteiger partial charge in [-0.3, -0.25) is 0 Å². The Hall–Kier alpha value is -1.51. The van der Waals surface area contributed by atoms with Crippen LogP contribution in [0.15, 0.2) is 24.3 Å². The Morgan fingerprint density at radius 1 is 0.741 bits per heavy atom. The third-order valence-electron chi connectivity index (χ3n) is 5.01. The molecule has 0 aliphatic rings. The van der Waals surface area contributed by atoms with E-state index in [2.05, 4.69) is 12.2 Å². The Morgan fingerprint density at radius 3 is 1.70 bits per heavy atom. The van der Waals surface area contributed by atoms with Crippen molar-refractivity contribution in [1.82, 2.24) is 0 Å². The Kier molecular flexibility index (Phi) is 14.5. The zero-order chi connectivity index (χ0) is 19.6. The van der Waals surface area contributed by atoms with Gasteiger partial charge in [0.1, 0.15) is 0 Å². The van der Waals surface area contributed by atoms with Gasteiger partial charge in [-0.05, 0) is 37.6 Å². The second-order valence-corrected chi connectivity index (χ2v) is 7.47. The van der Waals surface area contributed by atoms with Gasteiger partial charge in [-0.1, -0.05) is 84.0 Å². The van der Waals surface area contributed by atoms with Gasteiger partial charge in [0.05, 0.1) is 12.2 Å². The fraction of sp³-hybridized carbons (Fsp3) is 0.708. The number of benzene rings is 1. The first kappa shape index (κ1) is 23.5. The van der Waals surface area contributed by atoms with Crippen LogP contribution in [0, 0.1) is 0 Å². The lowest BCUT2D eigenvalue weighted by Gasteiger charge is -2.07. The largest absolute Gasteiger partial charge is 0.462 e. The zero-order valence-corrected chi connectivity index (χ0v) is 17.7. The van der Waals surface area contributed by atoms with Gasteiger partial charge in [-0.15, -0.1) is 0 Å². The first-order valence-electron chi connectivity index (χ1n) is 11.3. The van der Waals surface area contributed by atoms with E-state index in [0.29, 0.717) is 12.2 Å². The van der Waals surface area contributed by atoms with E-state index in [9.17, 15) is 4.79 Å². The standard InChI is InChI=1S/C24H41NO2/c1-3-5-6-7-8-9-10-11-12-13-14-15-16-21-25-23-19-17-22(18-20-23)24(26)27-4-2/h17-20,25H,3-16,21H2,1-2H3. The number of carbonyl (C=O) groups excluding carboxylic acids is 1. The number of nitrogens with one attached hydrogen (secondary N) is 1. The zero-order valence-electron chi connectivity index (χ0n) is 17.7. The molecular weight excluding hydrogens is 334 g/mol. The highest BCUT2D eigenvalue weighted by atomic mass is 16.5. The van der Waals surface area contributed by atoms with Gasteiger partial charge in [0, 0.05) is 12.2 Å². The molecule has 0 unspecified atom stereocenters. The molecule has 0 aliphatic carbocycles. The van der Waals surface area contributed by atoms with Crippen molar-refractivity contribution >= 4 is 11.7 Å². The number of ether oxygens (including phenoxy) is 1. The van der Waals surface area contributed by atoms with Crippen LogP contribution in [0.25, 0.3) is 0 Å². The Morgan fingerprint density at radius 2 is 1.22 bits per heavy atom. The molecule has 1 N–H and O–H groups in total. The molecular formula is C24H41NO2.